The van der Waals surface area contributed by atoms with E-state index in [1.165, 1.54) is 22.7 Å². The summed E-state index contributed by atoms with van der Waals surface area (Å²) in [5, 5.41) is 5.39. The van der Waals surface area contributed by atoms with Gasteiger partial charge in [0.15, 0.2) is 0 Å². The van der Waals surface area contributed by atoms with Gasteiger partial charge in [0.25, 0.3) is 0 Å². The third-order valence-electron chi connectivity index (χ3n) is 5.10. The van der Waals surface area contributed by atoms with E-state index in [1.807, 2.05) is 6.26 Å². The first-order chi connectivity index (χ1) is 18.0. The number of nitrogens with zero attached hydrogens (tertiary/aromatic N) is 1. The lowest BCUT2D eigenvalue weighted by atomic mass is 10.0. The minimum Gasteiger partial charge on any atom is -0.466 e. The van der Waals surface area contributed by atoms with Gasteiger partial charge in [0.2, 0.25) is 11.8 Å². The number of amides is 3. The molecule has 9 nitrogen and oxygen atoms in total. The SMILES string of the molecule is C#Cc1ccc(C(C(=O)NCCC(=O)OCC)N(CC=C)C(=O)C(CCSC)NC(=O)OC(C)(C)C)cc1. The topological polar surface area (TPSA) is 114 Å². The maximum Gasteiger partial charge on any atom is 0.408 e. The van der Waals surface area contributed by atoms with Gasteiger partial charge in [-0.1, -0.05) is 24.1 Å². The molecule has 2 atom stereocenters. The molecule has 0 saturated heterocycles. The smallest absolute Gasteiger partial charge is 0.408 e. The van der Waals surface area contributed by atoms with Crippen molar-refractivity contribution in [1.82, 2.24) is 15.5 Å². The van der Waals surface area contributed by atoms with Gasteiger partial charge in [-0.2, -0.15) is 11.8 Å². The number of esters is 1. The summed E-state index contributed by atoms with van der Waals surface area (Å²) in [5.74, 6) is 1.69. The lowest BCUT2D eigenvalue weighted by molar-refractivity contribution is -0.144. The first-order valence-corrected chi connectivity index (χ1v) is 13.8. The summed E-state index contributed by atoms with van der Waals surface area (Å²) in [6, 6.07) is 4.67. The molecule has 3 amide bonds. The molecule has 0 aromatic heterocycles. The van der Waals surface area contributed by atoms with Crippen molar-refractivity contribution in [3.05, 3.63) is 48.0 Å². The van der Waals surface area contributed by atoms with Crippen LogP contribution < -0.4 is 10.6 Å². The number of carbonyl (C=O) groups excluding carboxylic acids is 4. The normalized spacial score (nSPS) is 12.3. The molecule has 0 aliphatic rings. The molecule has 1 aromatic carbocycles. The van der Waals surface area contributed by atoms with Crippen LogP contribution in [0, 0.1) is 12.3 Å². The van der Waals surface area contributed by atoms with Crippen LogP contribution in [0.15, 0.2) is 36.9 Å². The highest BCUT2D eigenvalue weighted by Crippen LogP contribution is 2.24. The van der Waals surface area contributed by atoms with Gasteiger partial charge in [0.1, 0.15) is 17.7 Å². The van der Waals surface area contributed by atoms with Crippen LogP contribution in [-0.2, 0) is 23.9 Å². The lowest BCUT2D eigenvalue weighted by Gasteiger charge is -2.34. The summed E-state index contributed by atoms with van der Waals surface area (Å²) in [6.07, 6.45) is 8.45. The molecule has 0 bridgehead atoms. The molecule has 0 aliphatic heterocycles. The molecule has 2 unspecified atom stereocenters. The fourth-order valence-electron chi connectivity index (χ4n) is 3.46. The fourth-order valence-corrected chi connectivity index (χ4v) is 3.93. The van der Waals surface area contributed by atoms with Crippen molar-refractivity contribution >= 4 is 35.6 Å². The molecule has 0 aliphatic carbocycles. The molecule has 208 valence electrons. The standard InChI is InChI=1S/C28H39N3O6S/c1-8-18-31(26(34)22(16-19-38-7)30-27(35)37-28(4,5)6)24(21-13-11-20(9-2)12-14-21)25(33)29-17-15-23(32)36-10-3/h2,8,11-14,22,24H,1,10,15-19H2,3-7H3,(H,29,33)(H,30,35). The zero-order valence-corrected chi connectivity index (χ0v) is 23.7. The molecule has 1 rings (SSSR count). The Morgan fingerprint density at radius 1 is 1.21 bits per heavy atom. The summed E-state index contributed by atoms with van der Waals surface area (Å²) in [5.41, 5.74) is 0.368. The Labute approximate surface area is 230 Å². The van der Waals surface area contributed by atoms with E-state index in [2.05, 4.69) is 23.1 Å². The van der Waals surface area contributed by atoms with Crippen LogP contribution in [0.1, 0.15) is 57.7 Å². The zero-order chi connectivity index (χ0) is 28.7. The Kier molecular flexibility index (Phi) is 14.1. The van der Waals surface area contributed by atoms with Gasteiger partial charge >= 0.3 is 12.1 Å². The van der Waals surface area contributed by atoms with Crippen molar-refractivity contribution in [3.63, 3.8) is 0 Å². The number of carbonyl (C=O) groups is 4. The first-order valence-electron chi connectivity index (χ1n) is 12.4. The van der Waals surface area contributed by atoms with Gasteiger partial charge < -0.3 is 25.0 Å². The maximum atomic E-state index is 13.9. The highest BCUT2D eigenvalue weighted by atomic mass is 32.2. The van der Waals surface area contributed by atoms with Crippen LogP contribution in [0.2, 0.25) is 0 Å². The predicted octanol–water partition coefficient (Wildman–Crippen LogP) is 3.44. The van der Waals surface area contributed by atoms with Gasteiger partial charge in [-0.15, -0.1) is 13.0 Å². The number of hydrogen-bond acceptors (Lipinski definition) is 7. The van der Waals surface area contributed by atoms with Gasteiger partial charge in [-0.3, -0.25) is 14.4 Å². The summed E-state index contributed by atoms with van der Waals surface area (Å²) < 4.78 is 10.3. The van der Waals surface area contributed by atoms with E-state index in [0.29, 0.717) is 23.3 Å². The maximum absolute atomic E-state index is 13.9. The molecule has 10 heteroatoms. The van der Waals surface area contributed by atoms with Crippen LogP contribution >= 0.6 is 11.8 Å². The van der Waals surface area contributed by atoms with E-state index in [9.17, 15) is 19.2 Å². The molecule has 0 heterocycles. The number of thioether (sulfide) groups is 1. The van der Waals surface area contributed by atoms with Gasteiger partial charge in [-0.25, -0.2) is 4.79 Å². The van der Waals surface area contributed by atoms with Gasteiger partial charge in [0, 0.05) is 18.7 Å². The number of ether oxygens (including phenoxy) is 2. The first kappa shape index (κ1) is 32.6. The van der Waals surface area contributed by atoms with Crippen LogP contribution in [0.4, 0.5) is 4.79 Å². The van der Waals surface area contributed by atoms with Crippen LogP contribution in [0.5, 0.6) is 0 Å². The Hall–Kier alpha value is -3.45. The predicted molar refractivity (Wildman–Crippen MR) is 149 cm³/mol. The van der Waals surface area contributed by atoms with Gasteiger partial charge in [-0.05, 0) is 63.8 Å². The van der Waals surface area contributed by atoms with Crippen molar-refractivity contribution in [3.8, 4) is 12.3 Å². The monoisotopic (exact) mass is 545 g/mol. The Morgan fingerprint density at radius 2 is 1.87 bits per heavy atom. The quantitative estimate of drug-likeness (QED) is 0.209. The number of rotatable bonds is 14. The van der Waals surface area contributed by atoms with E-state index in [4.69, 9.17) is 15.9 Å². The number of alkyl carbamates (subject to hydrolysis) is 1. The number of terminal acetylenes is 1. The second-order valence-electron chi connectivity index (χ2n) is 9.27. The van der Waals surface area contributed by atoms with Crippen molar-refractivity contribution in [2.45, 2.75) is 58.2 Å². The number of nitrogens with one attached hydrogen (secondary N) is 2. The third kappa shape index (κ3) is 11.3. The van der Waals surface area contributed by atoms with E-state index in [0.717, 1.165) is 0 Å². The van der Waals surface area contributed by atoms with Crippen LogP contribution in [0.3, 0.4) is 0 Å². The molecule has 38 heavy (non-hydrogen) atoms. The van der Waals surface area contributed by atoms with Crippen LogP contribution in [0.25, 0.3) is 0 Å². The highest BCUT2D eigenvalue weighted by Gasteiger charge is 2.35. The Morgan fingerprint density at radius 3 is 2.39 bits per heavy atom. The molecular formula is C28H39N3O6S. The number of hydrogen-bond donors (Lipinski definition) is 2. The van der Waals surface area contributed by atoms with Crippen molar-refractivity contribution in [2.24, 2.45) is 0 Å². The van der Waals surface area contributed by atoms with Crippen molar-refractivity contribution in [2.75, 3.05) is 31.7 Å². The Bertz CT molecular complexity index is 997. The fraction of sp³-hybridized carbons (Fsp3) is 0.500. The lowest BCUT2D eigenvalue weighted by Crippen LogP contribution is -2.53. The van der Waals surface area contributed by atoms with E-state index in [-0.39, 0.29) is 26.1 Å². The summed E-state index contributed by atoms with van der Waals surface area (Å²) >= 11 is 1.52. The molecule has 0 radical (unpaired) electrons. The summed E-state index contributed by atoms with van der Waals surface area (Å²) in [4.78, 5) is 53.0. The molecule has 0 saturated carbocycles. The van der Waals surface area contributed by atoms with Crippen molar-refractivity contribution < 1.29 is 28.7 Å². The molecule has 0 fully saturated rings. The van der Waals surface area contributed by atoms with Crippen molar-refractivity contribution in [1.29, 1.82) is 0 Å². The second kappa shape index (κ2) is 16.4. The summed E-state index contributed by atoms with van der Waals surface area (Å²) in [6.45, 7) is 10.9. The van der Waals surface area contributed by atoms with Gasteiger partial charge in [0.05, 0.1) is 13.0 Å². The average molecular weight is 546 g/mol. The molecular weight excluding hydrogens is 506 g/mol. The molecule has 0 spiro atoms. The van der Waals surface area contributed by atoms with E-state index >= 15 is 0 Å². The van der Waals surface area contributed by atoms with E-state index in [1.54, 1.807) is 52.0 Å². The average Bonchev–Trinajstić information content (AvgIpc) is 2.85. The highest BCUT2D eigenvalue weighted by molar-refractivity contribution is 7.98. The minimum absolute atomic E-state index is 0.0196. The second-order valence-corrected chi connectivity index (χ2v) is 10.3. The van der Waals surface area contributed by atoms with E-state index < -0.39 is 41.6 Å². The largest absolute Gasteiger partial charge is 0.466 e. The zero-order valence-electron chi connectivity index (χ0n) is 22.9. The molecule has 1 aromatic rings. The minimum atomic E-state index is -1.08. The summed E-state index contributed by atoms with van der Waals surface area (Å²) in [7, 11) is 0. The third-order valence-corrected chi connectivity index (χ3v) is 5.74. The Balaban J connectivity index is 3.36. The van der Waals surface area contributed by atoms with Crippen LogP contribution in [-0.4, -0.2) is 72.1 Å². The number of benzene rings is 1. The molecule has 2 N–H and O–H groups in total.